The number of halogens is 1. The summed E-state index contributed by atoms with van der Waals surface area (Å²) in [5.74, 6) is -0.896. The van der Waals surface area contributed by atoms with Crippen molar-refractivity contribution in [1.29, 1.82) is 5.26 Å². The Balaban J connectivity index is 3.11. The average Bonchev–Trinajstić information content (AvgIpc) is 2.36. The third-order valence-electron chi connectivity index (χ3n) is 2.19. The molecule has 0 N–H and O–H groups in total. The summed E-state index contributed by atoms with van der Waals surface area (Å²) >= 11 is 0. The molecule has 0 aromatic heterocycles. The first-order chi connectivity index (χ1) is 8.97. The van der Waals surface area contributed by atoms with Crippen molar-refractivity contribution >= 4 is 12.0 Å². The zero-order chi connectivity index (χ0) is 14.4. The number of esters is 1. The standard InChI is InChI=1S/C14H14FNO3/c1-9(2)19-14(17)11(8-16)6-10-7-12(18-3)4-5-13(10)15/h4-7,9H,1-3H3. The molecule has 0 saturated carbocycles. The van der Waals surface area contributed by atoms with Crippen LogP contribution in [0, 0.1) is 17.1 Å². The van der Waals surface area contributed by atoms with Crippen molar-refractivity contribution in [2.75, 3.05) is 7.11 Å². The lowest BCUT2D eigenvalue weighted by molar-refractivity contribution is -0.142. The molecule has 0 saturated heterocycles. The maximum absolute atomic E-state index is 13.6. The molecule has 0 atom stereocenters. The molecule has 0 amide bonds. The van der Waals surface area contributed by atoms with Gasteiger partial charge in [0.25, 0.3) is 0 Å². The number of methoxy groups -OCH3 is 1. The molecule has 1 rings (SSSR count). The third kappa shape index (κ3) is 4.11. The smallest absolute Gasteiger partial charge is 0.349 e. The van der Waals surface area contributed by atoms with Crippen molar-refractivity contribution in [1.82, 2.24) is 0 Å². The normalized spacial score (nSPS) is 11.1. The second-order valence-corrected chi connectivity index (χ2v) is 4.01. The SMILES string of the molecule is COc1ccc(F)c(C=C(C#N)C(=O)OC(C)C)c1. The van der Waals surface area contributed by atoms with Gasteiger partial charge in [-0.15, -0.1) is 0 Å². The van der Waals surface area contributed by atoms with Gasteiger partial charge in [-0.05, 0) is 38.1 Å². The van der Waals surface area contributed by atoms with Crippen molar-refractivity contribution in [2.45, 2.75) is 20.0 Å². The molecule has 0 radical (unpaired) electrons. The van der Waals surface area contributed by atoms with Crippen molar-refractivity contribution in [2.24, 2.45) is 0 Å². The lowest BCUT2D eigenvalue weighted by atomic mass is 10.1. The van der Waals surface area contributed by atoms with Gasteiger partial charge >= 0.3 is 5.97 Å². The van der Waals surface area contributed by atoms with E-state index in [9.17, 15) is 9.18 Å². The number of benzene rings is 1. The molecule has 0 aliphatic carbocycles. The van der Waals surface area contributed by atoms with Crippen LogP contribution in [0.15, 0.2) is 23.8 Å². The van der Waals surface area contributed by atoms with Crippen LogP contribution in [-0.2, 0) is 9.53 Å². The van der Waals surface area contributed by atoms with Gasteiger partial charge in [-0.3, -0.25) is 0 Å². The summed E-state index contributed by atoms with van der Waals surface area (Å²) in [6, 6.07) is 5.75. The Morgan fingerprint density at radius 1 is 1.47 bits per heavy atom. The third-order valence-corrected chi connectivity index (χ3v) is 2.19. The Kier molecular flexibility index (Phi) is 5.07. The van der Waals surface area contributed by atoms with Gasteiger partial charge in [-0.2, -0.15) is 5.26 Å². The lowest BCUT2D eigenvalue weighted by Gasteiger charge is -2.07. The van der Waals surface area contributed by atoms with E-state index in [2.05, 4.69) is 0 Å². The van der Waals surface area contributed by atoms with Crippen molar-refractivity contribution in [3.8, 4) is 11.8 Å². The van der Waals surface area contributed by atoms with Crippen molar-refractivity contribution in [3.63, 3.8) is 0 Å². The van der Waals surface area contributed by atoms with E-state index in [0.717, 1.165) is 6.08 Å². The highest BCUT2D eigenvalue weighted by Gasteiger charge is 2.13. The largest absolute Gasteiger partial charge is 0.497 e. The summed E-state index contributed by atoms with van der Waals surface area (Å²) in [7, 11) is 1.44. The molecular weight excluding hydrogens is 249 g/mol. The summed E-state index contributed by atoms with van der Waals surface area (Å²) in [6.07, 6.45) is 0.794. The number of hydrogen-bond acceptors (Lipinski definition) is 4. The van der Waals surface area contributed by atoms with E-state index in [0.29, 0.717) is 5.75 Å². The zero-order valence-electron chi connectivity index (χ0n) is 10.9. The fourth-order valence-electron chi connectivity index (χ4n) is 1.33. The van der Waals surface area contributed by atoms with Gasteiger partial charge in [0.1, 0.15) is 23.2 Å². The van der Waals surface area contributed by atoms with E-state index in [1.807, 2.05) is 0 Å². The molecule has 0 heterocycles. The van der Waals surface area contributed by atoms with Gasteiger partial charge in [0, 0.05) is 5.56 Å². The monoisotopic (exact) mass is 263 g/mol. The summed E-state index contributed by atoms with van der Waals surface area (Å²) in [5, 5.41) is 8.92. The molecule has 0 fully saturated rings. The number of carbonyl (C=O) groups excluding carboxylic acids is 1. The first-order valence-electron chi connectivity index (χ1n) is 5.64. The molecular formula is C14H14FNO3. The van der Waals surface area contributed by atoms with Crippen LogP contribution in [0.1, 0.15) is 19.4 Å². The number of nitrogens with zero attached hydrogens (tertiary/aromatic N) is 1. The highest BCUT2D eigenvalue weighted by Crippen LogP contribution is 2.19. The van der Waals surface area contributed by atoms with Crippen LogP contribution < -0.4 is 4.74 Å². The number of ether oxygens (including phenoxy) is 2. The van der Waals surface area contributed by atoms with Crippen LogP contribution >= 0.6 is 0 Å². The molecule has 100 valence electrons. The molecule has 1 aromatic rings. The van der Waals surface area contributed by atoms with Gasteiger partial charge < -0.3 is 9.47 Å². The maximum atomic E-state index is 13.6. The molecule has 5 heteroatoms. The van der Waals surface area contributed by atoms with Crippen LogP contribution in [-0.4, -0.2) is 19.2 Å². The molecule has 0 bridgehead atoms. The number of hydrogen-bond donors (Lipinski definition) is 0. The van der Waals surface area contributed by atoms with Crippen LogP contribution in [0.4, 0.5) is 4.39 Å². The Bertz CT molecular complexity index is 544. The van der Waals surface area contributed by atoms with Gasteiger partial charge in [-0.25, -0.2) is 9.18 Å². The summed E-state index contributed by atoms with van der Waals surface area (Å²) in [5.41, 5.74) is -0.169. The molecule has 19 heavy (non-hydrogen) atoms. The Hall–Kier alpha value is -2.35. The summed E-state index contributed by atoms with van der Waals surface area (Å²) < 4.78 is 23.4. The van der Waals surface area contributed by atoms with Crippen molar-refractivity contribution < 1.29 is 18.7 Å². The lowest BCUT2D eigenvalue weighted by Crippen LogP contribution is -2.12. The predicted molar refractivity (Wildman–Crippen MR) is 67.8 cm³/mol. The fourth-order valence-corrected chi connectivity index (χ4v) is 1.33. The number of carbonyl (C=O) groups is 1. The Morgan fingerprint density at radius 3 is 2.68 bits per heavy atom. The molecule has 0 spiro atoms. The van der Waals surface area contributed by atoms with E-state index in [1.54, 1.807) is 19.9 Å². The maximum Gasteiger partial charge on any atom is 0.349 e. The Morgan fingerprint density at radius 2 is 2.16 bits per heavy atom. The number of nitriles is 1. The zero-order valence-corrected chi connectivity index (χ0v) is 10.9. The highest BCUT2D eigenvalue weighted by atomic mass is 19.1. The second kappa shape index (κ2) is 6.55. The first-order valence-corrected chi connectivity index (χ1v) is 5.64. The molecule has 0 aliphatic heterocycles. The minimum Gasteiger partial charge on any atom is -0.497 e. The van der Waals surface area contributed by atoms with Gasteiger partial charge in [0.15, 0.2) is 0 Å². The number of rotatable bonds is 4. The summed E-state index contributed by atoms with van der Waals surface area (Å²) in [6.45, 7) is 3.33. The van der Waals surface area contributed by atoms with Crippen molar-refractivity contribution in [3.05, 3.63) is 35.2 Å². The second-order valence-electron chi connectivity index (χ2n) is 4.01. The van der Waals surface area contributed by atoms with Gasteiger partial charge in [-0.1, -0.05) is 0 Å². The minimum absolute atomic E-state index is 0.0941. The van der Waals surface area contributed by atoms with Crippen LogP contribution in [0.2, 0.25) is 0 Å². The minimum atomic E-state index is -0.778. The van der Waals surface area contributed by atoms with E-state index in [-0.39, 0.29) is 17.2 Å². The molecule has 0 aliphatic rings. The van der Waals surface area contributed by atoms with Crippen LogP contribution in [0.25, 0.3) is 6.08 Å². The topological polar surface area (TPSA) is 59.3 Å². The van der Waals surface area contributed by atoms with Gasteiger partial charge in [0.05, 0.1) is 13.2 Å². The quantitative estimate of drug-likeness (QED) is 0.476. The van der Waals surface area contributed by atoms with Crippen LogP contribution in [0.5, 0.6) is 5.75 Å². The highest BCUT2D eigenvalue weighted by molar-refractivity contribution is 5.98. The fraction of sp³-hybridized carbons (Fsp3) is 0.286. The summed E-state index contributed by atoms with van der Waals surface area (Å²) in [4.78, 5) is 11.6. The van der Waals surface area contributed by atoms with E-state index >= 15 is 0 Å². The van der Waals surface area contributed by atoms with Gasteiger partial charge in [0.2, 0.25) is 0 Å². The van der Waals surface area contributed by atoms with E-state index < -0.39 is 11.8 Å². The average molecular weight is 263 g/mol. The molecule has 4 nitrogen and oxygen atoms in total. The first kappa shape index (κ1) is 14.7. The molecule has 0 unspecified atom stereocenters. The van der Waals surface area contributed by atoms with E-state index in [1.165, 1.54) is 25.3 Å². The molecule has 1 aromatic carbocycles. The predicted octanol–water partition coefficient (Wildman–Crippen LogP) is 2.69. The Labute approximate surface area is 111 Å². The van der Waals surface area contributed by atoms with E-state index in [4.69, 9.17) is 14.7 Å². The van der Waals surface area contributed by atoms with Crippen LogP contribution in [0.3, 0.4) is 0 Å².